The van der Waals surface area contributed by atoms with Crippen LogP contribution in [-0.4, -0.2) is 105 Å². The Hall–Kier alpha value is -5.01. The Morgan fingerprint density at radius 1 is 1.08 bits per heavy atom. The molecule has 4 amide bonds. The molecule has 0 spiro atoms. The first kappa shape index (κ1) is 39.2. The zero-order chi connectivity index (χ0) is 39.0. The van der Waals surface area contributed by atoms with Crippen LogP contribution in [0.3, 0.4) is 0 Å². The van der Waals surface area contributed by atoms with Crippen LogP contribution in [0.1, 0.15) is 67.2 Å². The van der Waals surface area contributed by atoms with Crippen LogP contribution >= 0.6 is 0 Å². The number of alkyl carbamates (subject to hydrolysis) is 1. The number of carbonyl (C=O) groups excluding carboxylic acids is 6. The largest absolute Gasteiger partial charge is 0.508 e. The fraction of sp³-hybridized carbons (Fsp3) is 0.564. The van der Waals surface area contributed by atoms with Crippen molar-refractivity contribution in [3.05, 3.63) is 43.1 Å². The topological polar surface area (TPSA) is 185 Å². The average Bonchev–Trinajstić information content (AvgIpc) is 4.01. The Labute approximate surface area is 309 Å². The van der Waals surface area contributed by atoms with Crippen molar-refractivity contribution in [2.24, 2.45) is 23.2 Å². The third kappa shape index (κ3) is 8.31. The number of pyridine rings is 1. The standard InChI is InChI=1S/C39H51N5O9/c1-9-24-18-39(24,35(50)41-29(21-46)28(20-45)22-10-11-22)43(8)33(48)30-17-26(52-32-27-13-12-25(47)16-23(27)14-15-40-32)19-44(30)34(49)31(37(2,3)4)42-36(51)53-38(5,6)7/h9,12-16,20-22,24,26,28-31,47H,1,10-11,17-19H2,2-8H3,(H,41,50)(H,42,51)/t24-,26-,28?,29?,30+,31-,39-/m1/s1. The number of carbonyl (C=O) groups is 6. The van der Waals surface area contributed by atoms with Crippen molar-refractivity contribution in [3.63, 3.8) is 0 Å². The molecule has 2 heterocycles. The number of ether oxygens (including phenoxy) is 2. The Bertz CT molecular complexity index is 1780. The molecule has 1 aromatic carbocycles. The molecule has 2 unspecified atom stereocenters. The van der Waals surface area contributed by atoms with Crippen LogP contribution < -0.4 is 15.4 Å². The minimum atomic E-state index is -1.41. The van der Waals surface area contributed by atoms with Gasteiger partial charge in [-0.25, -0.2) is 9.78 Å². The number of fused-ring (bicyclic) bond motifs is 1. The number of aromatic hydroxyl groups is 1. The lowest BCUT2D eigenvalue weighted by Gasteiger charge is -2.37. The minimum absolute atomic E-state index is 0.00896. The number of hydrogen-bond donors (Lipinski definition) is 3. The Morgan fingerprint density at radius 3 is 2.34 bits per heavy atom. The zero-order valence-electron chi connectivity index (χ0n) is 31.5. The maximum atomic E-state index is 14.7. The fourth-order valence-electron chi connectivity index (χ4n) is 7.23. The molecule has 7 atom stereocenters. The van der Waals surface area contributed by atoms with Gasteiger partial charge in [-0.3, -0.25) is 14.4 Å². The monoisotopic (exact) mass is 733 g/mol. The maximum Gasteiger partial charge on any atom is 0.408 e. The van der Waals surface area contributed by atoms with E-state index in [-0.39, 0.29) is 36.9 Å². The van der Waals surface area contributed by atoms with Crippen LogP contribution in [0.4, 0.5) is 4.79 Å². The van der Waals surface area contributed by atoms with Gasteiger partial charge in [-0.15, -0.1) is 6.58 Å². The molecule has 5 rings (SSSR count). The number of phenolic OH excluding ortho intramolecular Hbond substituents is 1. The van der Waals surface area contributed by atoms with Crippen LogP contribution in [0.15, 0.2) is 43.1 Å². The molecule has 3 aliphatic rings. The molecule has 53 heavy (non-hydrogen) atoms. The molecule has 14 nitrogen and oxygen atoms in total. The van der Waals surface area contributed by atoms with Crippen LogP contribution in [0, 0.1) is 23.2 Å². The quantitative estimate of drug-likeness (QED) is 0.203. The van der Waals surface area contributed by atoms with Crippen molar-refractivity contribution in [2.45, 2.75) is 103 Å². The van der Waals surface area contributed by atoms with E-state index in [1.54, 1.807) is 65.8 Å². The molecule has 14 heteroatoms. The molecule has 2 aliphatic carbocycles. The first-order chi connectivity index (χ1) is 24.8. The van der Waals surface area contributed by atoms with Crippen molar-refractivity contribution in [1.29, 1.82) is 0 Å². The number of benzene rings is 1. The molecule has 3 fully saturated rings. The molecule has 3 N–H and O–H groups in total. The van der Waals surface area contributed by atoms with E-state index in [0.29, 0.717) is 23.3 Å². The van der Waals surface area contributed by atoms with Gasteiger partial charge >= 0.3 is 6.09 Å². The van der Waals surface area contributed by atoms with E-state index in [2.05, 4.69) is 22.2 Å². The maximum absolute atomic E-state index is 14.7. The van der Waals surface area contributed by atoms with Crippen LogP contribution in [-0.2, 0) is 28.7 Å². The summed E-state index contributed by atoms with van der Waals surface area (Å²) in [5.41, 5.74) is -3.07. The molecule has 1 aliphatic heterocycles. The summed E-state index contributed by atoms with van der Waals surface area (Å²) in [6.45, 7) is 14.3. The highest BCUT2D eigenvalue weighted by Gasteiger charge is 2.64. The predicted molar refractivity (Wildman–Crippen MR) is 195 cm³/mol. The van der Waals surface area contributed by atoms with E-state index < -0.39 is 76.4 Å². The number of aromatic nitrogens is 1. The highest BCUT2D eigenvalue weighted by molar-refractivity contribution is 5.99. The van der Waals surface area contributed by atoms with Gasteiger partial charge in [0.2, 0.25) is 23.6 Å². The Kier molecular flexibility index (Phi) is 10.9. The van der Waals surface area contributed by atoms with E-state index >= 15 is 0 Å². The second-order valence-corrected chi connectivity index (χ2v) is 16.5. The third-order valence-corrected chi connectivity index (χ3v) is 10.4. The lowest BCUT2D eigenvalue weighted by molar-refractivity contribution is -0.150. The molecule has 2 aromatic rings. The smallest absolute Gasteiger partial charge is 0.408 e. The van der Waals surface area contributed by atoms with Crippen LogP contribution in [0.2, 0.25) is 0 Å². The van der Waals surface area contributed by atoms with Gasteiger partial charge in [0.15, 0.2) is 0 Å². The summed E-state index contributed by atoms with van der Waals surface area (Å²) in [5, 5.41) is 16.7. The summed E-state index contributed by atoms with van der Waals surface area (Å²) >= 11 is 0. The summed E-state index contributed by atoms with van der Waals surface area (Å²) in [7, 11) is 1.48. The summed E-state index contributed by atoms with van der Waals surface area (Å²) in [6.07, 6.45) is 4.64. The van der Waals surface area contributed by atoms with E-state index in [1.807, 2.05) is 0 Å². The summed E-state index contributed by atoms with van der Waals surface area (Å²) in [4.78, 5) is 87.3. The average molecular weight is 734 g/mol. The molecule has 1 saturated heterocycles. The SMILES string of the molecule is C=C[C@@H]1C[C@@]1(C(=O)NC(C=O)C(C=O)C1CC1)N(C)C(=O)[C@@H]1C[C@@H](Oc2nccc3cc(O)ccc23)CN1C(=O)[C@@H](NC(=O)OC(C)(C)C)C(C)(C)C. The lowest BCUT2D eigenvalue weighted by Crippen LogP contribution is -2.61. The molecule has 0 radical (unpaired) electrons. The number of aldehydes is 2. The Balaban J connectivity index is 1.47. The van der Waals surface area contributed by atoms with Gasteiger partial charge in [0, 0.05) is 36.9 Å². The van der Waals surface area contributed by atoms with Gasteiger partial charge < -0.3 is 44.6 Å². The summed E-state index contributed by atoms with van der Waals surface area (Å²) < 4.78 is 11.8. The van der Waals surface area contributed by atoms with Crippen molar-refractivity contribution in [2.75, 3.05) is 13.6 Å². The molecule has 2 saturated carbocycles. The van der Waals surface area contributed by atoms with E-state index in [0.717, 1.165) is 12.8 Å². The summed E-state index contributed by atoms with van der Waals surface area (Å²) in [6, 6.07) is 3.15. The number of phenols is 1. The number of nitrogens with one attached hydrogen (secondary N) is 2. The lowest BCUT2D eigenvalue weighted by atomic mass is 9.85. The van der Waals surface area contributed by atoms with E-state index in [9.17, 15) is 33.9 Å². The van der Waals surface area contributed by atoms with Gasteiger partial charge in [-0.05, 0) is 81.0 Å². The first-order valence-electron chi connectivity index (χ1n) is 18.0. The summed E-state index contributed by atoms with van der Waals surface area (Å²) in [5.74, 6) is -2.50. The Morgan fingerprint density at radius 2 is 1.77 bits per heavy atom. The molecular formula is C39H51N5O9. The van der Waals surface area contributed by atoms with E-state index in [4.69, 9.17) is 9.47 Å². The fourth-order valence-corrected chi connectivity index (χ4v) is 7.23. The van der Waals surface area contributed by atoms with Gasteiger partial charge in [-0.1, -0.05) is 26.8 Å². The molecular weight excluding hydrogens is 682 g/mol. The zero-order valence-corrected chi connectivity index (χ0v) is 31.5. The van der Waals surface area contributed by atoms with Crippen molar-refractivity contribution in [1.82, 2.24) is 25.4 Å². The van der Waals surface area contributed by atoms with Crippen LogP contribution in [0.5, 0.6) is 11.6 Å². The number of likely N-dealkylation sites (tertiary alicyclic amines) is 1. The number of rotatable bonds is 13. The highest BCUT2D eigenvalue weighted by atomic mass is 16.6. The molecule has 286 valence electrons. The van der Waals surface area contributed by atoms with Gasteiger partial charge in [0.1, 0.15) is 47.6 Å². The first-order valence-corrected chi connectivity index (χ1v) is 18.0. The van der Waals surface area contributed by atoms with Crippen LogP contribution in [0.25, 0.3) is 10.8 Å². The van der Waals surface area contributed by atoms with Gasteiger partial charge in [0.05, 0.1) is 12.6 Å². The molecule has 0 bridgehead atoms. The number of hydrogen-bond acceptors (Lipinski definition) is 10. The minimum Gasteiger partial charge on any atom is -0.508 e. The van der Waals surface area contributed by atoms with Crippen molar-refractivity contribution in [3.8, 4) is 11.6 Å². The predicted octanol–water partition coefficient (Wildman–Crippen LogP) is 3.54. The number of amides is 4. The van der Waals surface area contributed by atoms with Crippen molar-refractivity contribution >= 4 is 47.2 Å². The molecule has 1 aromatic heterocycles. The third-order valence-electron chi connectivity index (χ3n) is 10.4. The normalized spacial score (nSPS) is 24.3. The number of likely N-dealkylation sites (N-methyl/N-ethyl adjacent to an activating group) is 1. The van der Waals surface area contributed by atoms with Gasteiger partial charge in [0.25, 0.3) is 0 Å². The van der Waals surface area contributed by atoms with Crippen molar-refractivity contribution < 1.29 is 43.3 Å². The van der Waals surface area contributed by atoms with E-state index in [1.165, 1.54) is 29.1 Å². The number of nitrogens with zero attached hydrogens (tertiary/aromatic N) is 3. The van der Waals surface area contributed by atoms with Gasteiger partial charge in [-0.2, -0.15) is 0 Å². The second kappa shape index (κ2) is 14.8. The highest BCUT2D eigenvalue weighted by Crippen LogP contribution is 2.50. The second-order valence-electron chi connectivity index (χ2n) is 16.5.